The Morgan fingerprint density at radius 2 is 1.89 bits per heavy atom. The Balaban J connectivity index is 1.70. The molecule has 4 nitrogen and oxygen atoms in total. The van der Waals surface area contributed by atoms with E-state index in [4.69, 9.17) is 0 Å². The van der Waals surface area contributed by atoms with E-state index in [2.05, 4.69) is 21.3 Å². The first-order valence-corrected chi connectivity index (χ1v) is 11.4. The summed E-state index contributed by atoms with van der Waals surface area (Å²) in [5, 5.41) is 3.32. The Bertz CT molecular complexity index is 604. The lowest BCUT2D eigenvalue weighted by Crippen LogP contribution is -2.46. The molecule has 2 aliphatic rings. The van der Waals surface area contributed by atoms with Crippen molar-refractivity contribution in [2.45, 2.75) is 90.6 Å². The second-order valence-corrected chi connectivity index (χ2v) is 9.91. The number of nitrogens with zero attached hydrogens (tertiary/aromatic N) is 2. The van der Waals surface area contributed by atoms with Crippen LogP contribution in [-0.4, -0.2) is 34.9 Å². The van der Waals surface area contributed by atoms with E-state index in [0.29, 0.717) is 6.04 Å². The van der Waals surface area contributed by atoms with E-state index in [9.17, 15) is 4.79 Å². The van der Waals surface area contributed by atoms with Gasteiger partial charge in [0.1, 0.15) is 0 Å². The summed E-state index contributed by atoms with van der Waals surface area (Å²) >= 11 is 0. The molecule has 1 aliphatic heterocycles. The van der Waals surface area contributed by atoms with Crippen molar-refractivity contribution in [3.05, 3.63) is 30.1 Å². The molecule has 1 saturated heterocycles. The number of pyridine rings is 1. The first-order valence-electron chi connectivity index (χ1n) is 11.4. The number of piperidine rings is 1. The number of likely N-dealkylation sites (tertiary alicyclic amines) is 1. The van der Waals surface area contributed by atoms with Crippen LogP contribution in [-0.2, 0) is 4.79 Å². The zero-order chi connectivity index (χ0) is 20.0. The molecule has 1 amide bonds. The van der Waals surface area contributed by atoms with Crippen LogP contribution in [0.25, 0.3) is 0 Å². The highest BCUT2D eigenvalue weighted by atomic mass is 16.2. The van der Waals surface area contributed by atoms with E-state index in [1.54, 1.807) is 0 Å². The minimum absolute atomic E-state index is 0.00937. The van der Waals surface area contributed by atoms with Gasteiger partial charge in [-0.1, -0.05) is 52.5 Å². The van der Waals surface area contributed by atoms with Crippen LogP contribution in [0.4, 0.5) is 0 Å². The molecule has 0 bridgehead atoms. The predicted octanol–water partition coefficient (Wildman–Crippen LogP) is 5.11. The van der Waals surface area contributed by atoms with E-state index in [1.165, 1.54) is 64.5 Å². The van der Waals surface area contributed by atoms with Gasteiger partial charge in [-0.25, -0.2) is 0 Å². The normalized spacial score (nSPS) is 23.3. The van der Waals surface area contributed by atoms with E-state index in [1.807, 2.05) is 39.1 Å². The second-order valence-electron chi connectivity index (χ2n) is 9.91. The van der Waals surface area contributed by atoms with Crippen LogP contribution in [0, 0.1) is 11.3 Å². The summed E-state index contributed by atoms with van der Waals surface area (Å²) in [5.41, 5.74) is 0.602. The predicted molar refractivity (Wildman–Crippen MR) is 115 cm³/mol. The maximum absolute atomic E-state index is 12.7. The van der Waals surface area contributed by atoms with Gasteiger partial charge in [0.25, 0.3) is 0 Å². The summed E-state index contributed by atoms with van der Waals surface area (Å²) in [6.45, 7) is 8.39. The molecule has 4 heteroatoms. The van der Waals surface area contributed by atoms with Crippen molar-refractivity contribution < 1.29 is 4.79 Å². The Morgan fingerprint density at radius 1 is 1.14 bits per heavy atom. The zero-order valence-corrected chi connectivity index (χ0v) is 18.1. The Hall–Kier alpha value is -1.42. The van der Waals surface area contributed by atoms with Gasteiger partial charge in [0.15, 0.2) is 0 Å². The molecule has 1 aliphatic carbocycles. The number of hydrogen-bond acceptors (Lipinski definition) is 3. The first-order chi connectivity index (χ1) is 13.4. The van der Waals surface area contributed by atoms with Crippen LogP contribution < -0.4 is 5.32 Å². The lowest BCUT2D eigenvalue weighted by molar-refractivity contribution is -0.129. The molecule has 0 aromatic carbocycles. The van der Waals surface area contributed by atoms with Crippen molar-refractivity contribution in [1.82, 2.24) is 15.2 Å². The van der Waals surface area contributed by atoms with Gasteiger partial charge in [0.2, 0.25) is 5.91 Å². The molecular weight excluding hydrogens is 346 g/mol. The molecule has 2 fully saturated rings. The van der Waals surface area contributed by atoms with Crippen LogP contribution in [0.1, 0.15) is 90.3 Å². The third kappa shape index (κ3) is 6.04. The third-order valence-electron chi connectivity index (χ3n) is 6.51. The topological polar surface area (TPSA) is 45.2 Å². The highest BCUT2D eigenvalue weighted by Gasteiger charge is 2.31. The Morgan fingerprint density at radius 3 is 2.57 bits per heavy atom. The average Bonchev–Trinajstić information content (AvgIpc) is 2.69. The molecule has 2 atom stereocenters. The van der Waals surface area contributed by atoms with Gasteiger partial charge in [-0.3, -0.25) is 9.78 Å². The van der Waals surface area contributed by atoms with Crippen LogP contribution in [0.15, 0.2) is 24.4 Å². The number of carbonyl (C=O) groups is 1. The number of amides is 1. The summed E-state index contributed by atoms with van der Waals surface area (Å²) in [6, 6.07) is 6.57. The molecule has 0 spiro atoms. The van der Waals surface area contributed by atoms with Gasteiger partial charge < -0.3 is 10.2 Å². The van der Waals surface area contributed by atoms with E-state index in [-0.39, 0.29) is 17.4 Å². The van der Waals surface area contributed by atoms with Gasteiger partial charge in [-0.15, -0.1) is 0 Å². The van der Waals surface area contributed by atoms with Crippen LogP contribution in [0.2, 0.25) is 0 Å². The zero-order valence-electron chi connectivity index (χ0n) is 18.1. The van der Waals surface area contributed by atoms with Crippen molar-refractivity contribution in [1.29, 1.82) is 0 Å². The number of rotatable bonds is 6. The van der Waals surface area contributed by atoms with Crippen molar-refractivity contribution in [3.63, 3.8) is 0 Å². The molecule has 156 valence electrons. The SMILES string of the molecule is CC(C)(C)C(=O)N[C@@H](C[C@@H]1CCCCN1CC1CCCCC1)c1ccccn1. The minimum Gasteiger partial charge on any atom is -0.347 e. The third-order valence-corrected chi connectivity index (χ3v) is 6.51. The van der Waals surface area contributed by atoms with E-state index in [0.717, 1.165) is 18.0 Å². The lowest BCUT2D eigenvalue weighted by Gasteiger charge is -2.40. The first kappa shape index (κ1) is 21.3. The molecule has 2 heterocycles. The summed E-state index contributed by atoms with van der Waals surface area (Å²) in [4.78, 5) is 20.1. The summed E-state index contributed by atoms with van der Waals surface area (Å²) in [7, 11) is 0. The second kappa shape index (κ2) is 9.87. The van der Waals surface area contributed by atoms with Crippen molar-refractivity contribution in [3.8, 4) is 0 Å². The van der Waals surface area contributed by atoms with Crippen molar-refractivity contribution in [2.75, 3.05) is 13.1 Å². The largest absolute Gasteiger partial charge is 0.347 e. The minimum atomic E-state index is -0.388. The molecule has 0 unspecified atom stereocenters. The van der Waals surface area contributed by atoms with Crippen molar-refractivity contribution in [2.24, 2.45) is 11.3 Å². The van der Waals surface area contributed by atoms with Gasteiger partial charge in [-0.05, 0) is 56.7 Å². The highest BCUT2D eigenvalue weighted by molar-refractivity contribution is 5.81. The summed E-state index contributed by atoms with van der Waals surface area (Å²) in [6.07, 6.45) is 13.7. The van der Waals surface area contributed by atoms with Crippen LogP contribution >= 0.6 is 0 Å². The van der Waals surface area contributed by atoms with Gasteiger partial charge in [-0.2, -0.15) is 0 Å². The van der Waals surface area contributed by atoms with E-state index < -0.39 is 0 Å². The summed E-state index contributed by atoms with van der Waals surface area (Å²) in [5.74, 6) is 0.976. The quantitative estimate of drug-likeness (QED) is 0.740. The number of carbonyl (C=O) groups excluding carboxylic acids is 1. The molecule has 28 heavy (non-hydrogen) atoms. The van der Waals surface area contributed by atoms with Crippen LogP contribution in [0.3, 0.4) is 0 Å². The average molecular weight is 386 g/mol. The molecule has 1 N–H and O–H groups in total. The fraction of sp³-hybridized carbons (Fsp3) is 0.750. The fourth-order valence-electron chi connectivity index (χ4n) is 4.75. The summed E-state index contributed by atoms with van der Waals surface area (Å²) < 4.78 is 0. The maximum atomic E-state index is 12.7. The molecule has 1 saturated carbocycles. The van der Waals surface area contributed by atoms with Crippen LogP contribution in [0.5, 0.6) is 0 Å². The van der Waals surface area contributed by atoms with Gasteiger partial charge >= 0.3 is 0 Å². The molecule has 3 rings (SSSR count). The maximum Gasteiger partial charge on any atom is 0.225 e. The van der Waals surface area contributed by atoms with E-state index >= 15 is 0 Å². The standard InChI is InChI=1S/C24H39N3O/c1-24(2,3)23(28)26-22(21-14-7-9-15-25-21)17-20-13-8-10-16-27(20)18-19-11-5-4-6-12-19/h7,9,14-15,19-20,22H,4-6,8,10-13,16-18H2,1-3H3,(H,26,28)/t20-,22-/m0/s1. The smallest absolute Gasteiger partial charge is 0.225 e. The van der Waals surface area contributed by atoms with Crippen molar-refractivity contribution >= 4 is 5.91 Å². The number of nitrogens with one attached hydrogen (secondary N) is 1. The molecule has 1 aromatic rings. The molecule has 0 radical (unpaired) electrons. The van der Waals surface area contributed by atoms with Gasteiger partial charge in [0.05, 0.1) is 11.7 Å². The fourth-order valence-corrected chi connectivity index (χ4v) is 4.75. The molecular formula is C24H39N3O. The number of aromatic nitrogens is 1. The Labute approximate surface area is 171 Å². The van der Waals surface area contributed by atoms with Gasteiger partial charge in [0, 0.05) is 24.2 Å². The number of hydrogen-bond donors (Lipinski definition) is 1. The molecule has 1 aromatic heterocycles. The monoisotopic (exact) mass is 385 g/mol. The Kier molecular flexibility index (Phi) is 7.50. The lowest BCUT2D eigenvalue weighted by atomic mass is 9.86. The highest BCUT2D eigenvalue weighted by Crippen LogP contribution is 2.31.